The summed E-state index contributed by atoms with van der Waals surface area (Å²) in [6.07, 6.45) is 3.96. The Morgan fingerprint density at radius 1 is 1.53 bits per heavy atom. The summed E-state index contributed by atoms with van der Waals surface area (Å²) < 4.78 is 5.21. The van der Waals surface area contributed by atoms with Gasteiger partial charge in [-0.15, -0.1) is 0 Å². The smallest absolute Gasteiger partial charge is 0.153 e. The van der Waals surface area contributed by atoms with E-state index < -0.39 is 0 Å². The topological polar surface area (TPSA) is 58.9 Å². The molecule has 15 heavy (non-hydrogen) atoms. The maximum atomic E-state index is 10.8. The Balaban J connectivity index is 2.08. The van der Waals surface area contributed by atoms with Gasteiger partial charge in [0.1, 0.15) is 5.76 Å². The SMILES string of the molecule is Cc1[nH]nc(CCc2ccco2)c1C=O. The summed E-state index contributed by atoms with van der Waals surface area (Å²) in [6.45, 7) is 1.84. The molecule has 2 aromatic rings. The second kappa shape index (κ2) is 4.13. The molecule has 78 valence electrons. The highest BCUT2D eigenvalue weighted by Gasteiger charge is 2.09. The number of hydrogen-bond acceptors (Lipinski definition) is 3. The highest BCUT2D eigenvalue weighted by molar-refractivity contribution is 5.78. The number of hydrogen-bond donors (Lipinski definition) is 1. The van der Waals surface area contributed by atoms with E-state index in [9.17, 15) is 4.79 Å². The van der Waals surface area contributed by atoms with Gasteiger partial charge in [0, 0.05) is 12.1 Å². The van der Waals surface area contributed by atoms with E-state index in [0.717, 1.165) is 29.9 Å². The molecule has 0 amide bonds. The molecule has 0 radical (unpaired) electrons. The first-order valence-electron chi connectivity index (χ1n) is 4.82. The zero-order valence-electron chi connectivity index (χ0n) is 8.49. The Morgan fingerprint density at radius 2 is 2.40 bits per heavy atom. The van der Waals surface area contributed by atoms with Gasteiger partial charge in [-0.3, -0.25) is 9.89 Å². The zero-order chi connectivity index (χ0) is 10.7. The van der Waals surface area contributed by atoms with E-state index in [1.807, 2.05) is 19.1 Å². The van der Waals surface area contributed by atoms with Crippen molar-refractivity contribution in [2.24, 2.45) is 0 Å². The first-order chi connectivity index (χ1) is 7.31. The number of aldehydes is 1. The van der Waals surface area contributed by atoms with Crippen LogP contribution in [0.1, 0.15) is 27.5 Å². The molecule has 0 aliphatic heterocycles. The molecule has 0 aliphatic carbocycles. The molecule has 0 bridgehead atoms. The summed E-state index contributed by atoms with van der Waals surface area (Å²) >= 11 is 0. The van der Waals surface area contributed by atoms with Gasteiger partial charge in [0.2, 0.25) is 0 Å². The number of H-pyrrole nitrogens is 1. The Hall–Kier alpha value is -1.84. The summed E-state index contributed by atoms with van der Waals surface area (Å²) in [4.78, 5) is 10.8. The van der Waals surface area contributed by atoms with Gasteiger partial charge in [0.05, 0.1) is 17.5 Å². The number of nitrogens with one attached hydrogen (secondary N) is 1. The number of aromatic nitrogens is 2. The summed E-state index contributed by atoms with van der Waals surface area (Å²) in [7, 11) is 0. The van der Waals surface area contributed by atoms with Crippen LogP contribution in [-0.4, -0.2) is 16.5 Å². The summed E-state index contributed by atoms with van der Waals surface area (Å²) in [5.41, 5.74) is 2.29. The molecule has 0 atom stereocenters. The van der Waals surface area contributed by atoms with Gasteiger partial charge < -0.3 is 4.42 Å². The number of carbonyl (C=O) groups excluding carboxylic acids is 1. The van der Waals surface area contributed by atoms with Gasteiger partial charge in [0.15, 0.2) is 6.29 Å². The van der Waals surface area contributed by atoms with Crippen molar-refractivity contribution in [2.45, 2.75) is 19.8 Å². The first-order valence-corrected chi connectivity index (χ1v) is 4.82. The number of nitrogens with zero attached hydrogens (tertiary/aromatic N) is 1. The molecular weight excluding hydrogens is 192 g/mol. The van der Waals surface area contributed by atoms with Crippen LogP contribution in [0.2, 0.25) is 0 Å². The second-order valence-electron chi connectivity index (χ2n) is 3.41. The third-order valence-electron chi connectivity index (χ3n) is 2.38. The maximum absolute atomic E-state index is 10.8. The van der Waals surface area contributed by atoms with Crippen molar-refractivity contribution in [3.63, 3.8) is 0 Å². The minimum atomic E-state index is 0.668. The van der Waals surface area contributed by atoms with Crippen molar-refractivity contribution in [3.05, 3.63) is 41.1 Å². The average Bonchev–Trinajstić information content (AvgIpc) is 2.84. The predicted octanol–water partition coefficient (Wildman–Crippen LogP) is 1.91. The van der Waals surface area contributed by atoms with E-state index in [1.165, 1.54) is 0 Å². The van der Waals surface area contributed by atoms with Crippen LogP contribution in [0.25, 0.3) is 0 Å². The molecule has 0 saturated heterocycles. The monoisotopic (exact) mass is 204 g/mol. The minimum absolute atomic E-state index is 0.668. The first kappa shape index (κ1) is 9.71. The average molecular weight is 204 g/mol. The lowest BCUT2D eigenvalue weighted by Crippen LogP contribution is -1.94. The molecule has 4 nitrogen and oxygen atoms in total. The molecule has 0 fully saturated rings. The molecule has 2 heterocycles. The normalized spacial score (nSPS) is 10.5. The van der Waals surface area contributed by atoms with Crippen LogP contribution in [0, 0.1) is 6.92 Å². The van der Waals surface area contributed by atoms with Crippen molar-refractivity contribution in [1.29, 1.82) is 0 Å². The number of aromatic amines is 1. The third-order valence-corrected chi connectivity index (χ3v) is 2.38. The molecule has 4 heteroatoms. The fourth-order valence-corrected chi connectivity index (χ4v) is 1.53. The van der Waals surface area contributed by atoms with Crippen molar-refractivity contribution >= 4 is 6.29 Å². The maximum Gasteiger partial charge on any atom is 0.153 e. The summed E-state index contributed by atoms with van der Waals surface area (Å²) in [5, 5.41) is 6.89. The number of carbonyl (C=O) groups is 1. The van der Waals surface area contributed by atoms with Crippen molar-refractivity contribution in [3.8, 4) is 0 Å². The van der Waals surface area contributed by atoms with Gasteiger partial charge in [-0.05, 0) is 25.5 Å². The number of rotatable bonds is 4. The molecular formula is C11H12N2O2. The van der Waals surface area contributed by atoms with E-state index in [4.69, 9.17) is 4.42 Å². The highest BCUT2D eigenvalue weighted by Crippen LogP contribution is 2.11. The largest absolute Gasteiger partial charge is 0.469 e. The molecule has 0 unspecified atom stereocenters. The Bertz CT molecular complexity index is 443. The molecule has 0 saturated carbocycles. The number of furan rings is 1. The molecule has 0 aliphatic rings. The van der Waals surface area contributed by atoms with Crippen LogP contribution in [-0.2, 0) is 12.8 Å². The Morgan fingerprint density at radius 3 is 3.07 bits per heavy atom. The van der Waals surface area contributed by atoms with Crippen LogP contribution in [0.3, 0.4) is 0 Å². The van der Waals surface area contributed by atoms with Crippen LogP contribution in [0.15, 0.2) is 22.8 Å². The summed E-state index contributed by atoms with van der Waals surface area (Å²) in [5.74, 6) is 0.910. The lowest BCUT2D eigenvalue weighted by atomic mass is 10.1. The van der Waals surface area contributed by atoms with Gasteiger partial charge >= 0.3 is 0 Å². The van der Waals surface area contributed by atoms with E-state index in [1.54, 1.807) is 6.26 Å². The van der Waals surface area contributed by atoms with Gasteiger partial charge in [-0.25, -0.2) is 0 Å². The predicted molar refractivity (Wildman–Crippen MR) is 54.8 cm³/mol. The van der Waals surface area contributed by atoms with Crippen LogP contribution in [0.4, 0.5) is 0 Å². The van der Waals surface area contributed by atoms with Gasteiger partial charge in [0.25, 0.3) is 0 Å². The van der Waals surface area contributed by atoms with Crippen LogP contribution >= 0.6 is 0 Å². The fourth-order valence-electron chi connectivity index (χ4n) is 1.53. The van der Waals surface area contributed by atoms with Gasteiger partial charge in [-0.1, -0.05) is 0 Å². The van der Waals surface area contributed by atoms with E-state index in [2.05, 4.69) is 10.2 Å². The Kier molecular flexibility index (Phi) is 2.67. The molecule has 0 aromatic carbocycles. The van der Waals surface area contributed by atoms with Gasteiger partial charge in [-0.2, -0.15) is 5.10 Å². The van der Waals surface area contributed by atoms with E-state index in [0.29, 0.717) is 12.0 Å². The Labute approximate surface area is 87.3 Å². The van der Waals surface area contributed by atoms with Crippen molar-refractivity contribution < 1.29 is 9.21 Å². The second-order valence-corrected chi connectivity index (χ2v) is 3.41. The standard InChI is InChI=1S/C11H12N2O2/c1-8-10(7-14)11(13-12-8)5-4-9-3-2-6-15-9/h2-3,6-7H,4-5H2,1H3,(H,12,13). The minimum Gasteiger partial charge on any atom is -0.469 e. The highest BCUT2D eigenvalue weighted by atomic mass is 16.3. The van der Waals surface area contributed by atoms with E-state index in [-0.39, 0.29) is 0 Å². The lowest BCUT2D eigenvalue weighted by Gasteiger charge is -1.95. The van der Waals surface area contributed by atoms with Crippen molar-refractivity contribution in [1.82, 2.24) is 10.2 Å². The van der Waals surface area contributed by atoms with Crippen LogP contribution in [0.5, 0.6) is 0 Å². The molecule has 0 spiro atoms. The van der Waals surface area contributed by atoms with Crippen molar-refractivity contribution in [2.75, 3.05) is 0 Å². The molecule has 2 rings (SSSR count). The molecule has 1 N–H and O–H groups in total. The third kappa shape index (κ3) is 1.98. The summed E-state index contributed by atoms with van der Waals surface area (Å²) in [6, 6.07) is 3.77. The zero-order valence-corrected chi connectivity index (χ0v) is 8.49. The fraction of sp³-hybridized carbons (Fsp3) is 0.273. The number of aryl methyl sites for hydroxylation is 3. The van der Waals surface area contributed by atoms with E-state index >= 15 is 0 Å². The van der Waals surface area contributed by atoms with Crippen LogP contribution < -0.4 is 0 Å². The lowest BCUT2D eigenvalue weighted by molar-refractivity contribution is 0.112. The molecule has 2 aromatic heterocycles. The quantitative estimate of drug-likeness (QED) is 0.774.